The average Bonchev–Trinajstić information content (AvgIpc) is 4.02. The molecule has 2 aromatic heterocycles. The summed E-state index contributed by atoms with van der Waals surface area (Å²) in [4.78, 5) is 2.35. The van der Waals surface area contributed by atoms with Gasteiger partial charge in [-0.15, -0.1) is 0 Å². The normalized spacial score (nSPS) is 12.1. The first-order valence-corrected chi connectivity index (χ1v) is 26.0. The third kappa shape index (κ3) is 8.03. The summed E-state index contributed by atoms with van der Waals surface area (Å²) in [5.41, 5.74) is 24.0. The SMILES string of the molecule is C1=Cc2c(n(-c3ccc(-c4ccc(-c5ccc(N(c6ccc(-c7ccccc7)cc6)c6ccc(-c7ccc(-c8ccc(-n9c%10ccccc%10c%10ccccc%109)cc8)cc7)cc6)cc5)cc4)cc3)c3ccccc23)CC1. The zero-order valence-electron chi connectivity index (χ0n) is 41.4. The maximum atomic E-state index is 2.45. The molecule has 1 aliphatic carbocycles. The molecule has 0 amide bonds. The fraction of sp³-hybridized carbons (Fsp3) is 0.0278. The Hall–Kier alpha value is -9.70. The van der Waals surface area contributed by atoms with E-state index in [0.29, 0.717) is 0 Å². The van der Waals surface area contributed by atoms with Crippen molar-refractivity contribution in [1.29, 1.82) is 0 Å². The summed E-state index contributed by atoms with van der Waals surface area (Å²) in [6, 6.07) is 99.5. The van der Waals surface area contributed by atoms with Gasteiger partial charge in [0.1, 0.15) is 0 Å². The van der Waals surface area contributed by atoms with Gasteiger partial charge in [-0.25, -0.2) is 0 Å². The lowest BCUT2D eigenvalue weighted by Crippen LogP contribution is -2.09. The lowest BCUT2D eigenvalue weighted by Gasteiger charge is -2.26. The molecule has 0 atom stereocenters. The van der Waals surface area contributed by atoms with Crippen LogP contribution in [0.1, 0.15) is 17.7 Å². The van der Waals surface area contributed by atoms with Crippen molar-refractivity contribution in [1.82, 2.24) is 9.13 Å². The van der Waals surface area contributed by atoms with Crippen LogP contribution in [0.5, 0.6) is 0 Å². The molecule has 3 nitrogen and oxygen atoms in total. The highest BCUT2D eigenvalue weighted by Gasteiger charge is 2.19. The van der Waals surface area contributed by atoms with Crippen molar-refractivity contribution >= 4 is 55.8 Å². The zero-order valence-corrected chi connectivity index (χ0v) is 41.4. The molecule has 14 rings (SSSR count). The van der Waals surface area contributed by atoms with Crippen molar-refractivity contribution in [2.24, 2.45) is 0 Å². The molecule has 0 saturated heterocycles. The topological polar surface area (TPSA) is 13.1 Å². The van der Waals surface area contributed by atoms with E-state index in [0.717, 1.165) is 35.6 Å². The summed E-state index contributed by atoms with van der Waals surface area (Å²) in [6.07, 6.45) is 6.73. The van der Waals surface area contributed by atoms with E-state index in [4.69, 9.17) is 0 Å². The summed E-state index contributed by atoms with van der Waals surface area (Å²) in [6.45, 7) is 0. The maximum Gasteiger partial charge on any atom is 0.0541 e. The Morgan fingerprint density at radius 3 is 0.987 bits per heavy atom. The summed E-state index contributed by atoms with van der Waals surface area (Å²) in [7, 11) is 0. The summed E-state index contributed by atoms with van der Waals surface area (Å²) >= 11 is 0. The molecule has 0 bridgehead atoms. The Balaban J connectivity index is 0.715. The van der Waals surface area contributed by atoms with E-state index in [9.17, 15) is 0 Å². The molecule has 0 saturated carbocycles. The number of nitrogens with zero attached hydrogens (tertiary/aromatic N) is 3. The first-order valence-electron chi connectivity index (χ1n) is 26.0. The van der Waals surface area contributed by atoms with Crippen LogP contribution in [0.4, 0.5) is 17.1 Å². The first kappa shape index (κ1) is 44.0. The second-order valence-corrected chi connectivity index (χ2v) is 19.6. The lowest BCUT2D eigenvalue weighted by molar-refractivity contribution is 0.888. The van der Waals surface area contributed by atoms with E-state index in [-0.39, 0.29) is 0 Å². The Morgan fingerprint density at radius 1 is 0.267 bits per heavy atom. The molecule has 3 heteroatoms. The number of anilines is 3. The Morgan fingerprint density at radius 2 is 0.573 bits per heavy atom. The van der Waals surface area contributed by atoms with Gasteiger partial charge in [0.05, 0.1) is 16.6 Å². The van der Waals surface area contributed by atoms with Crippen molar-refractivity contribution in [2.75, 3.05) is 4.90 Å². The monoisotopic (exact) mass is 957 g/mol. The van der Waals surface area contributed by atoms with Gasteiger partial charge in [-0.2, -0.15) is 0 Å². The molecule has 2 heterocycles. The molecule has 0 unspecified atom stereocenters. The second-order valence-electron chi connectivity index (χ2n) is 19.6. The molecular formula is C72H51N3. The lowest BCUT2D eigenvalue weighted by atomic mass is 9.99. The number of aromatic nitrogens is 2. The number of benzene rings is 11. The standard InChI is InChI=1S/C72H51N3/c1-2-12-50(13-3-1)55-30-40-60(41-31-55)73(61-42-32-56(33-43-61)51-22-26-53(27-23-51)58-36-46-63(47-37-58)74-69-18-8-4-14-65(69)66-15-5-9-19-70(66)74)62-44-34-57(35-45-62)52-24-28-54(29-25-52)59-38-48-64(49-39-59)75-71-20-10-6-16-67(71)68-17-7-11-21-72(68)75/h1-10,12-20,22-49H,11,21H2. The average molecular weight is 958 g/mol. The van der Waals surface area contributed by atoms with Crippen molar-refractivity contribution in [3.63, 3.8) is 0 Å². The van der Waals surface area contributed by atoms with Gasteiger partial charge < -0.3 is 14.0 Å². The molecular weight excluding hydrogens is 907 g/mol. The molecule has 75 heavy (non-hydrogen) atoms. The molecule has 0 N–H and O–H groups in total. The van der Waals surface area contributed by atoms with Gasteiger partial charge in [-0.3, -0.25) is 0 Å². The van der Waals surface area contributed by atoms with E-state index in [2.05, 4.69) is 299 Å². The number of fused-ring (bicyclic) bond motifs is 6. The van der Waals surface area contributed by atoms with Gasteiger partial charge in [-0.05, 0) is 147 Å². The third-order valence-electron chi connectivity index (χ3n) is 15.3. The predicted octanol–water partition coefficient (Wildman–Crippen LogP) is 19.5. The highest BCUT2D eigenvalue weighted by Crippen LogP contribution is 2.40. The van der Waals surface area contributed by atoms with Crippen LogP contribution in [0.3, 0.4) is 0 Å². The number of para-hydroxylation sites is 3. The second kappa shape index (κ2) is 18.7. The largest absolute Gasteiger partial charge is 0.313 e. The summed E-state index contributed by atoms with van der Waals surface area (Å²) in [5.74, 6) is 0. The summed E-state index contributed by atoms with van der Waals surface area (Å²) < 4.78 is 4.82. The maximum absolute atomic E-state index is 2.45. The Kier molecular flexibility index (Phi) is 11.0. The van der Waals surface area contributed by atoms with Crippen molar-refractivity contribution in [2.45, 2.75) is 12.8 Å². The molecule has 11 aromatic carbocycles. The van der Waals surface area contributed by atoms with Gasteiger partial charge in [0.2, 0.25) is 0 Å². The van der Waals surface area contributed by atoms with E-state index >= 15 is 0 Å². The number of hydrogen-bond acceptors (Lipinski definition) is 1. The predicted molar refractivity (Wildman–Crippen MR) is 317 cm³/mol. The van der Waals surface area contributed by atoms with Crippen LogP contribution >= 0.6 is 0 Å². The van der Waals surface area contributed by atoms with E-state index in [1.165, 1.54) is 105 Å². The summed E-state index contributed by atoms with van der Waals surface area (Å²) in [5, 5.41) is 3.87. The van der Waals surface area contributed by atoms with Crippen LogP contribution in [-0.2, 0) is 6.42 Å². The van der Waals surface area contributed by atoms with Crippen LogP contribution < -0.4 is 4.90 Å². The fourth-order valence-electron chi connectivity index (χ4n) is 11.5. The van der Waals surface area contributed by atoms with Crippen molar-refractivity contribution in [3.8, 4) is 67.0 Å². The van der Waals surface area contributed by atoms with Crippen LogP contribution in [0.15, 0.2) is 279 Å². The molecule has 0 spiro atoms. The number of hydrogen-bond donors (Lipinski definition) is 0. The van der Waals surface area contributed by atoms with Gasteiger partial charge in [0.15, 0.2) is 0 Å². The zero-order chi connectivity index (χ0) is 49.7. The molecule has 1 aliphatic rings. The van der Waals surface area contributed by atoms with Crippen LogP contribution in [0.2, 0.25) is 0 Å². The highest BCUT2D eigenvalue weighted by molar-refractivity contribution is 6.09. The molecule has 13 aromatic rings. The minimum Gasteiger partial charge on any atom is -0.313 e. The highest BCUT2D eigenvalue weighted by atomic mass is 15.1. The number of allylic oxidation sites excluding steroid dienone is 1. The quantitative estimate of drug-likeness (QED) is 0.133. The molecule has 0 aliphatic heterocycles. The van der Waals surface area contributed by atoms with Crippen LogP contribution in [0.25, 0.3) is 106 Å². The van der Waals surface area contributed by atoms with Gasteiger partial charge in [0, 0.05) is 55.9 Å². The van der Waals surface area contributed by atoms with Gasteiger partial charge in [-0.1, -0.05) is 206 Å². The van der Waals surface area contributed by atoms with Crippen LogP contribution in [-0.4, -0.2) is 9.13 Å². The van der Waals surface area contributed by atoms with Crippen molar-refractivity contribution in [3.05, 3.63) is 290 Å². The third-order valence-corrected chi connectivity index (χ3v) is 15.3. The van der Waals surface area contributed by atoms with Gasteiger partial charge >= 0.3 is 0 Å². The van der Waals surface area contributed by atoms with Crippen LogP contribution in [0, 0.1) is 0 Å². The van der Waals surface area contributed by atoms with E-state index < -0.39 is 0 Å². The molecule has 0 radical (unpaired) electrons. The smallest absolute Gasteiger partial charge is 0.0541 e. The van der Waals surface area contributed by atoms with E-state index in [1.807, 2.05) is 0 Å². The fourth-order valence-corrected chi connectivity index (χ4v) is 11.5. The Labute approximate surface area is 437 Å². The van der Waals surface area contributed by atoms with Crippen molar-refractivity contribution < 1.29 is 0 Å². The molecule has 354 valence electrons. The first-order chi connectivity index (χ1) is 37.2. The minimum absolute atomic E-state index is 1.05. The van der Waals surface area contributed by atoms with Gasteiger partial charge in [0.25, 0.3) is 0 Å². The Bertz CT molecular complexity index is 4150. The minimum atomic E-state index is 1.05. The number of rotatable bonds is 10. The molecule has 0 fully saturated rings. The van der Waals surface area contributed by atoms with E-state index in [1.54, 1.807) is 0 Å².